The molecular formula is C23H20N6O3. The van der Waals surface area contributed by atoms with E-state index in [4.69, 9.17) is 0 Å². The summed E-state index contributed by atoms with van der Waals surface area (Å²) in [6.45, 7) is 0.598. The van der Waals surface area contributed by atoms with E-state index in [0.29, 0.717) is 35.9 Å². The number of carbonyl (C=O) groups excluding carboxylic acids is 3. The summed E-state index contributed by atoms with van der Waals surface area (Å²) >= 11 is 0. The molecule has 0 spiro atoms. The normalized spacial score (nSPS) is 16.3. The first-order chi connectivity index (χ1) is 15.6. The molecule has 0 fully saturated rings. The molecule has 9 nitrogen and oxygen atoms in total. The van der Waals surface area contributed by atoms with Crippen LogP contribution in [0.1, 0.15) is 32.4 Å². The number of anilines is 2. The molecule has 0 aliphatic carbocycles. The predicted octanol–water partition coefficient (Wildman–Crippen LogP) is 1.82. The number of aromatic nitrogens is 2. The third-order valence-electron chi connectivity index (χ3n) is 5.49. The average Bonchev–Trinajstić information content (AvgIpc) is 3.13. The van der Waals surface area contributed by atoms with Crippen LogP contribution >= 0.6 is 0 Å². The van der Waals surface area contributed by atoms with E-state index in [1.807, 2.05) is 12.1 Å². The zero-order chi connectivity index (χ0) is 22.1. The van der Waals surface area contributed by atoms with Gasteiger partial charge < -0.3 is 15.5 Å². The molecule has 1 aromatic heterocycles. The minimum atomic E-state index is -0.650. The van der Waals surface area contributed by atoms with Crippen molar-refractivity contribution in [2.45, 2.75) is 6.17 Å². The van der Waals surface area contributed by atoms with Crippen LogP contribution in [0.5, 0.6) is 0 Å². The number of nitrogens with one attached hydrogen (secondary N) is 2. The lowest BCUT2D eigenvalue weighted by Crippen LogP contribution is -2.51. The van der Waals surface area contributed by atoms with Crippen LogP contribution in [0.2, 0.25) is 0 Å². The Hall–Kier alpha value is -4.27. The van der Waals surface area contributed by atoms with Crippen LogP contribution in [-0.2, 0) is 4.79 Å². The maximum Gasteiger partial charge on any atom is 0.260 e. The third kappa shape index (κ3) is 3.33. The van der Waals surface area contributed by atoms with Crippen molar-refractivity contribution in [3.05, 3.63) is 83.7 Å². The summed E-state index contributed by atoms with van der Waals surface area (Å²) < 4.78 is 0. The van der Waals surface area contributed by atoms with Gasteiger partial charge in [0.2, 0.25) is 11.9 Å². The maximum absolute atomic E-state index is 13.3. The number of hydrogen-bond donors (Lipinski definition) is 2. The van der Waals surface area contributed by atoms with E-state index in [1.54, 1.807) is 59.8 Å². The number of carbonyl (C=O) groups is 3. The van der Waals surface area contributed by atoms with E-state index in [1.165, 1.54) is 4.90 Å². The van der Waals surface area contributed by atoms with Crippen molar-refractivity contribution in [2.24, 2.45) is 0 Å². The van der Waals surface area contributed by atoms with Crippen molar-refractivity contribution in [1.29, 1.82) is 0 Å². The second kappa shape index (κ2) is 8.10. The van der Waals surface area contributed by atoms with Gasteiger partial charge in [-0.15, -0.1) is 0 Å². The fourth-order valence-electron chi connectivity index (χ4n) is 4.11. The summed E-state index contributed by atoms with van der Waals surface area (Å²) in [5.41, 5.74) is 2.23. The van der Waals surface area contributed by atoms with Crippen LogP contribution in [0.3, 0.4) is 0 Å². The first-order valence-electron chi connectivity index (χ1n) is 10.3. The molecule has 0 saturated heterocycles. The van der Waals surface area contributed by atoms with E-state index in [-0.39, 0.29) is 24.3 Å². The predicted molar refractivity (Wildman–Crippen MR) is 117 cm³/mol. The van der Waals surface area contributed by atoms with Crippen molar-refractivity contribution >= 4 is 29.4 Å². The maximum atomic E-state index is 13.3. The third-order valence-corrected chi connectivity index (χ3v) is 5.49. The Kier molecular flexibility index (Phi) is 4.98. The summed E-state index contributed by atoms with van der Waals surface area (Å²) in [5, 5.41) is 5.82. The average molecular weight is 428 g/mol. The molecule has 2 aromatic carbocycles. The van der Waals surface area contributed by atoms with Gasteiger partial charge in [-0.25, -0.2) is 9.97 Å². The van der Waals surface area contributed by atoms with E-state index >= 15 is 0 Å². The van der Waals surface area contributed by atoms with Crippen molar-refractivity contribution in [1.82, 2.24) is 20.2 Å². The molecule has 3 aromatic rings. The minimum absolute atomic E-state index is 0.169. The molecule has 32 heavy (non-hydrogen) atoms. The zero-order valence-electron chi connectivity index (χ0n) is 17.1. The molecule has 9 heteroatoms. The van der Waals surface area contributed by atoms with Crippen molar-refractivity contribution in [3.63, 3.8) is 0 Å². The summed E-state index contributed by atoms with van der Waals surface area (Å²) in [4.78, 5) is 50.3. The molecule has 1 unspecified atom stereocenters. The minimum Gasteiger partial charge on any atom is -0.353 e. The van der Waals surface area contributed by atoms with Crippen LogP contribution in [0.4, 0.5) is 11.6 Å². The summed E-state index contributed by atoms with van der Waals surface area (Å²) in [6.07, 6.45) is 2.60. The Labute approximate surface area is 184 Å². The molecule has 160 valence electrons. The lowest BCUT2D eigenvalue weighted by Gasteiger charge is -2.40. The van der Waals surface area contributed by atoms with E-state index in [2.05, 4.69) is 20.6 Å². The van der Waals surface area contributed by atoms with Gasteiger partial charge >= 0.3 is 0 Å². The van der Waals surface area contributed by atoms with Crippen LogP contribution < -0.4 is 15.5 Å². The van der Waals surface area contributed by atoms with Gasteiger partial charge in [0.1, 0.15) is 12.7 Å². The van der Waals surface area contributed by atoms with Gasteiger partial charge in [-0.05, 0) is 24.3 Å². The molecule has 0 radical (unpaired) electrons. The molecule has 2 N–H and O–H groups in total. The highest BCUT2D eigenvalue weighted by atomic mass is 16.2. The van der Waals surface area contributed by atoms with Gasteiger partial charge in [-0.1, -0.05) is 30.3 Å². The summed E-state index contributed by atoms with van der Waals surface area (Å²) in [7, 11) is 0. The summed E-state index contributed by atoms with van der Waals surface area (Å²) in [5.74, 6) is -0.299. The van der Waals surface area contributed by atoms with E-state index in [9.17, 15) is 14.4 Å². The highest BCUT2D eigenvalue weighted by molar-refractivity contribution is 6.17. The van der Waals surface area contributed by atoms with E-state index < -0.39 is 6.17 Å². The Morgan fingerprint density at radius 1 is 0.875 bits per heavy atom. The Bertz CT molecular complexity index is 1200. The molecular weight excluding hydrogens is 408 g/mol. The van der Waals surface area contributed by atoms with Crippen LogP contribution in [0, 0.1) is 0 Å². The fourth-order valence-corrected chi connectivity index (χ4v) is 4.11. The first-order valence-corrected chi connectivity index (χ1v) is 10.3. The Morgan fingerprint density at radius 3 is 2.41 bits per heavy atom. The standard InChI is InChI=1S/C23H20N6O3/c30-19(24-12-13-27-23-25-10-5-11-26-23)14-28-20-15-6-1-2-7-16(15)22(32)29(20)18-9-4-3-8-17(18)21(28)31/h1-11,20H,12-14H2,(H,24,30)(H,25,26,27). The van der Waals surface area contributed by atoms with Crippen LogP contribution in [0.15, 0.2) is 67.0 Å². The summed E-state index contributed by atoms with van der Waals surface area (Å²) in [6, 6.07) is 15.9. The molecule has 3 heterocycles. The lowest BCUT2D eigenvalue weighted by atomic mass is 10.0. The molecule has 2 aliphatic heterocycles. The molecule has 0 bridgehead atoms. The van der Waals surface area contributed by atoms with Gasteiger partial charge in [0.25, 0.3) is 11.8 Å². The van der Waals surface area contributed by atoms with Crippen LogP contribution in [-0.4, -0.2) is 52.2 Å². The van der Waals surface area contributed by atoms with Crippen molar-refractivity contribution in [3.8, 4) is 0 Å². The number of benzene rings is 2. The number of fused-ring (bicyclic) bond motifs is 5. The Balaban J connectivity index is 1.34. The topological polar surface area (TPSA) is 108 Å². The largest absolute Gasteiger partial charge is 0.353 e. The molecule has 0 saturated carbocycles. The fraction of sp³-hybridized carbons (Fsp3) is 0.174. The highest BCUT2D eigenvalue weighted by Crippen LogP contribution is 2.44. The Morgan fingerprint density at radius 2 is 1.59 bits per heavy atom. The SMILES string of the molecule is O=C(CN1C(=O)c2ccccc2N2C(=O)c3ccccc3C12)NCCNc1ncccn1. The van der Waals surface area contributed by atoms with Crippen LogP contribution in [0.25, 0.3) is 0 Å². The van der Waals surface area contributed by atoms with Gasteiger partial charge in [0.15, 0.2) is 0 Å². The zero-order valence-corrected chi connectivity index (χ0v) is 17.1. The van der Waals surface area contributed by atoms with Gasteiger partial charge in [-0.2, -0.15) is 0 Å². The second-order valence-corrected chi connectivity index (χ2v) is 7.44. The lowest BCUT2D eigenvalue weighted by molar-refractivity contribution is -0.122. The number of para-hydroxylation sites is 1. The highest BCUT2D eigenvalue weighted by Gasteiger charge is 2.47. The molecule has 5 rings (SSSR count). The van der Waals surface area contributed by atoms with Crippen molar-refractivity contribution < 1.29 is 14.4 Å². The van der Waals surface area contributed by atoms with Gasteiger partial charge in [-0.3, -0.25) is 19.3 Å². The number of nitrogens with zero attached hydrogens (tertiary/aromatic N) is 4. The number of hydrogen-bond acceptors (Lipinski definition) is 6. The molecule has 1 atom stereocenters. The quantitative estimate of drug-likeness (QED) is 0.580. The first kappa shape index (κ1) is 19.7. The molecule has 3 amide bonds. The van der Waals surface area contributed by atoms with Crippen molar-refractivity contribution in [2.75, 3.05) is 29.9 Å². The molecule has 2 aliphatic rings. The number of amides is 3. The smallest absolute Gasteiger partial charge is 0.260 e. The van der Waals surface area contributed by atoms with Gasteiger partial charge in [0, 0.05) is 36.6 Å². The van der Waals surface area contributed by atoms with Gasteiger partial charge in [0.05, 0.1) is 11.3 Å². The second-order valence-electron chi connectivity index (χ2n) is 7.44. The monoisotopic (exact) mass is 428 g/mol. The van der Waals surface area contributed by atoms with E-state index in [0.717, 1.165) is 5.56 Å². The number of rotatable bonds is 6.